The standard InChI is InChI=1S/C23H27N3O4S/c1-29-20-9-11-22(12-10-20)31(27,28)26(17-21-8-5-15-30-21)18-23-24-13-14-25(23)16-19-6-3-2-4-7-19/h2-4,6-7,9-14,21H,5,8,15-18H2,1H3. The molecule has 0 amide bonds. The van der Waals surface area contributed by atoms with Crippen LogP contribution in [0.3, 0.4) is 0 Å². The Hall–Kier alpha value is -2.68. The molecule has 2 heterocycles. The first-order chi connectivity index (χ1) is 15.1. The molecule has 3 aromatic rings. The summed E-state index contributed by atoms with van der Waals surface area (Å²) in [7, 11) is -2.18. The number of methoxy groups -OCH3 is 1. The van der Waals surface area contributed by atoms with E-state index in [9.17, 15) is 8.42 Å². The Balaban J connectivity index is 1.60. The van der Waals surface area contributed by atoms with E-state index in [2.05, 4.69) is 4.98 Å². The monoisotopic (exact) mass is 441 g/mol. The van der Waals surface area contributed by atoms with E-state index in [1.807, 2.05) is 41.1 Å². The van der Waals surface area contributed by atoms with Gasteiger partial charge in [0.25, 0.3) is 0 Å². The number of rotatable bonds is 9. The van der Waals surface area contributed by atoms with E-state index in [4.69, 9.17) is 9.47 Å². The molecule has 1 unspecified atom stereocenters. The third-order valence-electron chi connectivity index (χ3n) is 5.44. The Labute approximate surface area is 183 Å². The lowest BCUT2D eigenvalue weighted by Gasteiger charge is -2.25. The number of benzene rings is 2. The summed E-state index contributed by atoms with van der Waals surface area (Å²) in [6, 6.07) is 16.5. The van der Waals surface area contributed by atoms with E-state index in [1.165, 1.54) is 4.31 Å². The summed E-state index contributed by atoms with van der Waals surface area (Å²) in [4.78, 5) is 4.69. The third kappa shape index (κ3) is 5.15. The number of imidazole rings is 1. The lowest BCUT2D eigenvalue weighted by molar-refractivity contribution is 0.0920. The Morgan fingerprint density at radius 3 is 2.61 bits per heavy atom. The largest absolute Gasteiger partial charge is 0.497 e. The van der Waals surface area contributed by atoms with Crippen LogP contribution in [0.1, 0.15) is 24.2 Å². The van der Waals surface area contributed by atoms with E-state index >= 15 is 0 Å². The van der Waals surface area contributed by atoms with Gasteiger partial charge in [-0.25, -0.2) is 13.4 Å². The fraction of sp³-hybridized carbons (Fsp3) is 0.348. The molecule has 1 saturated heterocycles. The van der Waals surface area contributed by atoms with Crippen LogP contribution in [0.25, 0.3) is 0 Å². The maximum Gasteiger partial charge on any atom is 0.243 e. The molecule has 1 aromatic heterocycles. The summed E-state index contributed by atoms with van der Waals surface area (Å²) in [6.45, 7) is 1.77. The van der Waals surface area contributed by atoms with E-state index in [-0.39, 0.29) is 17.5 Å². The topological polar surface area (TPSA) is 73.7 Å². The fourth-order valence-corrected chi connectivity index (χ4v) is 5.16. The fourth-order valence-electron chi connectivity index (χ4n) is 3.73. The van der Waals surface area contributed by atoms with Crippen molar-refractivity contribution in [2.24, 2.45) is 0 Å². The molecule has 0 aliphatic carbocycles. The van der Waals surface area contributed by atoms with Gasteiger partial charge in [0, 0.05) is 32.1 Å². The van der Waals surface area contributed by atoms with Crippen LogP contribution in [0, 0.1) is 0 Å². The van der Waals surface area contributed by atoms with Crippen molar-refractivity contribution < 1.29 is 17.9 Å². The molecule has 0 radical (unpaired) electrons. The van der Waals surface area contributed by atoms with Crippen LogP contribution in [-0.4, -0.2) is 48.6 Å². The Morgan fingerprint density at radius 1 is 1.16 bits per heavy atom. The van der Waals surface area contributed by atoms with Crippen LogP contribution in [0.4, 0.5) is 0 Å². The molecule has 2 aromatic carbocycles. The van der Waals surface area contributed by atoms with Crippen molar-refractivity contribution in [2.75, 3.05) is 20.3 Å². The lowest BCUT2D eigenvalue weighted by Crippen LogP contribution is -2.37. The molecule has 1 aliphatic heterocycles. The predicted molar refractivity (Wildman–Crippen MR) is 117 cm³/mol. The predicted octanol–water partition coefficient (Wildman–Crippen LogP) is 3.31. The number of sulfonamides is 1. The minimum Gasteiger partial charge on any atom is -0.497 e. The molecule has 0 spiro atoms. The number of ether oxygens (including phenoxy) is 2. The molecular formula is C23H27N3O4S. The van der Waals surface area contributed by atoms with Gasteiger partial charge in [0.2, 0.25) is 10.0 Å². The summed E-state index contributed by atoms with van der Waals surface area (Å²) in [6.07, 6.45) is 5.29. The van der Waals surface area contributed by atoms with Crippen LogP contribution in [0.15, 0.2) is 71.9 Å². The zero-order valence-corrected chi connectivity index (χ0v) is 18.4. The van der Waals surface area contributed by atoms with Crippen molar-refractivity contribution >= 4 is 10.0 Å². The van der Waals surface area contributed by atoms with Crippen molar-refractivity contribution in [3.8, 4) is 5.75 Å². The maximum atomic E-state index is 13.5. The van der Waals surface area contributed by atoms with Crippen molar-refractivity contribution in [3.05, 3.63) is 78.4 Å². The number of aromatic nitrogens is 2. The molecule has 164 valence electrons. The molecule has 31 heavy (non-hydrogen) atoms. The van der Waals surface area contributed by atoms with Crippen LogP contribution >= 0.6 is 0 Å². The second kappa shape index (κ2) is 9.64. The van der Waals surface area contributed by atoms with Crippen LogP contribution in [-0.2, 0) is 27.8 Å². The minimum absolute atomic E-state index is 0.106. The third-order valence-corrected chi connectivity index (χ3v) is 7.27. The summed E-state index contributed by atoms with van der Waals surface area (Å²) in [5.74, 6) is 1.31. The minimum atomic E-state index is -3.73. The highest BCUT2D eigenvalue weighted by Crippen LogP contribution is 2.24. The van der Waals surface area contributed by atoms with Crippen LogP contribution in [0.2, 0.25) is 0 Å². The van der Waals surface area contributed by atoms with E-state index in [0.29, 0.717) is 31.3 Å². The first-order valence-electron chi connectivity index (χ1n) is 10.4. The number of hydrogen-bond donors (Lipinski definition) is 0. The Bertz CT molecular complexity index is 1080. The molecule has 1 aliphatic rings. The summed E-state index contributed by atoms with van der Waals surface area (Å²) in [5, 5.41) is 0. The molecule has 7 nitrogen and oxygen atoms in total. The van der Waals surface area contributed by atoms with Gasteiger partial charge in [0.15, 0.2) is 0 Å². The van der Waals surface area contributed by atoms with Gasteiger partial charge in [-0.15, -0.1) is 0 Å². The average Bonchev–Trinajstić information content (AvgIpc) is 3.46. The highest BCUT2D eigenvalue weighted by molar-refractivity contribution is 7.89. The molecular weight excluding hydrogens is 414 g/mol. The van der Waals surface area contributed by atoms with E-state index in [0.717, 1.165) is 18.4 Å². The van der Waals surface area contributed by atoms with Gasteiger partial charge in [-0.1, -0.05) is 30.3 Å². The summed E-state index contributed by atoms with van der Waals surface area (Å²) in [5.41, 5.74) is 1.13. The second-order valence-electron chi connectivity index (χ2n) is 7.57. The van der Waals surface area contributed by atoms with Crippen LogP contribution in [0.5, 0.6) is 5.75 Å². The maximum absolute atomic E-state index is 13.5. The number of hydrogen-bond acceptors (Lipinski definition) is 5. The zero-order valence-electron chi connectivity index (χ0n) is 17.6. The quantitative estimate of drug-likeness (QED) is 0.509. The Morgan fingerprint density at radius 2 is 1.94 bits per heavy atom. The van der Waals surface area contributed by atoms with Gasteiger partial charge in [-0.2, -0.15) is 4.31 Å². The van der Waals surface area contributed by atoms with Gasteiger partial charge in [-0.05, 0) is 42.7 Å². The molecule has 1 fully saturated rings. The van der Waals surface area contributed by atoms with Crippen molar-refractivity contribution in [1.29, 1.82) is 0 Å². The SMILES string of the molecule is COc1ccc(S(=O)(=O)N(Cc2nccn2Cc2ccccc2)CC2CCCO2)cc1. The van der Waals surface area contributed by atoms with Crippen molar-refractivity contribution in [1.82, 2.24) is 13.9 Å². The molecule has 8 heteroatoms. The van der Waals surface area contributed by atoms with Gasteiger partial charge >= 0.3 is 0 Å². The van der Waals surface area contributed by atoms with Gasteiger partial charge in [0.1, 0.15) is 11.6 Å². The van der Waals surface area contributed by atoms with E-state index in [1.54, 1.807) is 37.6 Å². The molecule has 0 bridgehead atoms. The first kappa shape index (κ1) is 21.5. The smallest absolute Gasteiger partial charge is 0.243 e. The van der Waals surface area contributed by atoms with E-state index < -0.39 is 10.0 Å². The summed E-state index contributed by atoms with van der Waals surface area (Å²) >= 11 is 0. The van der Waals surface area contributed by atoms with Crippen LogP contribution < -0.4 is 4.74 Å². The van der Waals surface area contributed by atoms with Crippen molar-refractivity contribution in [3.63, 3.8) is 0 Å². The lowest BCUT2D eigenvalue weighted by atomic mass is 10.2. The highest BCUT2D eigenvalue weighted by atomic mass is 32.2. The van der Waals surface area contributed by atoms with Gasteiger partial charge < -0.3 is 14.0 Å². The highest BCUT2D eigenvalue weighted by Gasteiger charge is 2.30. The van der Waals surface area contributed by atoms with Gasteiger partial charge in [0.05, 0.1) is 24.7 Å². The van der Waals surface area contributed by atoms with Crippen molar-refractivity contribution in [2.45, 2.75) is 36.9 Å². The Kier molecular flexibility index (Phi) is 6.70. The normalized spacial score (nSPS) is 16.6. The van der Waals surface area contributed by atoms with Gasteiger partial charge in [-0.3, -0.25) is 0 Å². The first-order valence-corrected chi connectivity index (χ1v) is 11.8. The molecule has 1 atom stereocenters. The second-order valence-corrected chi connectivity index (χ2v) is 9.50. The zero-order chi connectivity index (χ0) is 21.7. The average molecular weight is 442 g/mol. The molecule has 4 rings (SSSR count). The number of nitrogens with zero attached hydrogens (tertiary/aromatic N) is 3. The molecule has 0 N–H and O–H groups in total. The summed E-state index contributed by atoms with van der Waals surface area (Å²) < 4.78 is 41.4. The molecule has 0 saturated carbocycles.